The van der Waals surface area contributed by atoms with Crippen LogP contribution >= 0.6 is 34.9 Å². The van der Waals surface area contributed by atoms with Crippen LogP contribution in [0.5, 0.6) is 0 Å². The van der Waals surface area contributed by atoms with E-state index in [2.05, 4.69) is 22.5 Å². The first-order valence-electron chi connectivity index (χ1n) is 9.05. The lowest BCUT2D eigenvalue weighted by atomic mass is 10.1. The van der Waals surface area contributed by atoms with Crippen molar-refractivity contribution in [2.75, 3.05) is 23.9 Å². The van der Waals surface area contributed by atoms with Crippen LogP contribution in [-0.2, 0) is 4.79 Å². The van der Waals surface area contributed by atoms with Crippen molar-refractivity contribution < 1.29 is 9.59 Å². The molecular formula is C21H21N3O2S3. The summed E-state index contributed by atoms with van der Waals surface area (Å²) in [6.07, 6.45) is 0. The first-order valence-corrected chi connectivity index (χ1v) is 11.8. The second-order valence-electron chi connectivity index (χ2n) is 5.87. The molecule has 2 N–H and O–H groups in total. The summed E-state index contributed by atoms with van der Waals surface area (Å²) in [5, 5.41) is 6.32. The average Bonchev–Trinajstić information content (AvgIpc) is 3.15. The van der Waals surface area contributed by atoms with Crippen LogP contribution in [0.1, 0.15) is 17.3 Å². The number of anilines is 1. The molecule has 0 saturated carbocycles. The van der Waals surface area contributed by atoms with Crippen LogP contribution in [0.4, 0.5) is 5.00 Å². The standard InChI is InChI=1S/C21H21N3O2S3/c1-3-27-16-12-8-7-11-15(16)19(26)24-20-18(14-9-5-4-6-10-14)23-21(29-20)28-13-17(25)22-2/h4-12H,3,13H2,1-2H3,(H,22,25)(H,24,26). The first-order chi connectivity index (χ1) is 14.1. The number of amides is 2. The van der Waals surface area contributed by atoms with Gasteiger partial charge in [0.1, 0.15) is 10.7 Å². The zero-order valence-corrected chi connectivity index (χ0v) is 18.5. The molecule has 0 aliphatic rings. The maximum atomic E-state index is 13.0. The number of hydrogen-bond acceptors (Lipinski definition) is 6. The van der Waals surface area contributed by atoms with Crippen LogP contribution in [-0.4, -0.2) is 35.4 Å². The monoisotopic (exact) mass is 443 g/mol. The SMILES string of the molecule is CCSc1ccccc1C(=O)Nc1sc(SCC(=O)NC)nc1-c1ccccc1. The molecule has 0 atom stereocenters. The highest BCUT2D eigenvalue weighted by Gasteiger charge is 2.18. The number of nitrogens with zero attached hydrogens (tertiary/aromatic N) is 1. The third-order valence-corrected chi connectivity index (χ3v) is 6.99. The van der Waals surface area contributed by atoms with E-state index >= 15 is 0 Å². The van der Waals surface area contributed by atoms with Gasteiger partial charge < -0.3 is 10.6 Å². The maximum absolute atomic E-state index is 13.0. The van der Waals surface area contributed by atoms with Gasteiger partial charge in [0.15, 0.2) is 4.34 Å². The highest BCUT2D eigenvalue weighted by molar-refractivity contribution is 8.01. The summed E-state index contributed by atoms with van der Waals surface area (Å²) in [5.41, 5.74) is 2.28. The number of aromatic nitrogens is 1. The van der Waals surface area contributed by atoms with Crippen molar-refractivity contribution in [2.24, 2.45) is 0 Å². The molecule has 29 heavy (non-hydrogen) atoms. The minimum absolute atomic E-state index is 0.0671. The number of carbonyl (C=O) groups is 2. The topological polar surface area (TPSA) is 71.1 Å². The number of hydrogen-bond donors (Lipinski definition) is 2. The Hall–Kier alpha value is -2.29. The normalized spacial score (nSPS) is 10.6. The largest absolute Gasteiger partial charge is 0.358 e. The van der Waals surface area contributed by atoms with Gasteiger partial charge in [-0.25, -0.2) is 4.98 Å². The number of carbonyl (C=O) groups excluding carboxylic acids is 2. The molecule has 0 aliphatic carbocycles. The molecule has 0 aliphatic heterocycles. The Bertz CT molecular complexity index is 990. The van der Waals surface area contributed by atoms with Crippen molar-refractivity contribution in [3.8, 4) is 11.3 Å². The molecular weight excluding hydrogens is 422 g/mol. The quantitative estimate of drug-likeness (QED) is 0.479. The first kappa shape index (κ1) is 21.4. The summed E-state index contributed by atoms with van der Waals surface area (Å²) < 4.78 is 0.735. The molecule has 3 aromatic rings. The maximum Gasteiger partial charge on any atom is 0.257 e. The molecule has 8 heteroatoms. The number of thioether (sulfide) groups is 2. The summed E-state index contributed by atoms with van der Waals surface area (Å²) in [4.78, 5) is 30.2. The number of benzene rings is 2. The van der Waals surface area contributed by atoms with E-state index in [1.165, 1.54) is 23.1 Å². The van der Waals surface area contributed by atoms with Gasteiger partial charge in [-0.3, -0.25) is 9.59 Å². The van der Waals surface area contributed by atoms with Crippen molar-refractivity contribution >= 4 is 51.7 Å². The molecule has 0 radical (unpaired) electrons. The van der Waals surface area contributed by atoms with E-state index in [0.717, 1.165) is 20.6 Å². The molecule has 1 aromatic heterocycles. The third-order valence-electron chi connectivity index (χ3n) is 3.92. The van der Waals surface area contributed by atoms with Crippen molar-refractivity contribution in [3.63, 3.8) is 0 Å². The molecule has 0 fully saturated rings. The second-order valence-corrected chi connectivity index (χ2v) is 9.40. The van der Waals surface area contributed by atoms with E-state index in [-0.39, 0.29) is 17.6 Å². The third kappa shape index (κ3) is 5.62. The minimum atomic E-state index is -0.162. The van der Waals surface area contributed by atoms with E-state index in [0.29, 0.717) is 16.3 Å². The molecule has 0 bridgehead atoms. The molecule has 0 saturated heterocycles. The Labute approximate surface area is 182 Å². The summed E-state index contributed by atoms with van der Waals surface area (Å²) in [6, 6.07) is 17.3. The van der Waals surface area contributed by atoms with Crippen molar-refractivity contribution in [1.29, 1.82) is 0 Å². The summed E-state index contributed by atoms with van der Waals surface area (Å²) in [6.45, 7) is 2.06. The fourth-order valence-corrected chi connectivity index (χ4v) is 5.28. The Balaban J connectivity index is 1.90. The fraction of sp³-hybridized carbons (Fsp3) is 0.190. The van der Waals surface area contributed by atoms with Gasteiger partial charge in [0.25, 0.3) is 5.91 Å². The van der Waals surface area contributed by atoms with Gasteiger partial charge in [-0.05, 0) is 17.9 Å². The predicted molar refractivity (Wildman–Crippen MR) is 123 cm³/mol. The van der Waals surface area contributed by atoms with Gasteiger partial charge in [-0.2, -0.15) is 0 Å². The van der Waals surface area contributed by atoms with Gasteiger partial charge in [-0.1, -0.05) is 72.5 Å². The van der Waals surface area contributed by atoms with Crippen LogP contribution < -0.4 is 10.6 Å². The van der Waals surface area contributed by atoms with Gasteiger partial charge in [0.2, 0.25) is 5.91 Å². The van der Waals surface area contributed by atoms with E-state index < -0.39 is 0 Å². The van der Waals surface area contributed by atoms with Crippen LogP contribution in [0.25, 0.3) is 11.3 Å². The number of thiazole rings is 1. The lowest BCUT2D eigenvalue weighted by Crippen LogP contribution is -2.19. The molecule has 2 aromatic carbocycles. The van der Waals surface area contributed by atoms with Crippen molar-refractivity contribution in [1.82, 2.24) is 10.3 Å². The summed E-state index contributed by atoms with van der Waals surface area (Å²) >= 11 is 4.38. The van der Waals surface area contributed by atoms with Crippen LogP contribution in [0.2, 0.25) is 0 Å². The average molecular weight is 444 g/mol. The highest BCUT2D eigenvalue weighted by atomic mass is 32.2. The van der Waals surface area contributed by atoms with Crippen molar-refractivity contribution in [3.05, 3.63) is 60.2 Å². The summed E-state index contributed by atoms with van der Waals surface area (Å²) in [5.74, 6) is 0.940. The van der Waals surface area contributed by atoms with E-state index in [4.69, 9.17) is 0 Å². The molecule has 2 amide bonds. The van der Waals surface area contributed by atoms with Gasteiger partial charge in [-0.15, -0.1) is 11.8 Å². The van der Waals surface area contributed by atoms with Crippen molar-refractivity contribution in [2.45, 2.75) is 16.2 Å². The van der Waals surface area contributed by atoms with Gasteiger partial charge in [0, 0.05) is 17.5 Å². The smallest absolute Gasteiger partial charge is 0.257 e. The van der Waals surface area contributed by atoms with Gasteiger partial charge in [0.05, 0.1) is 11.3 Å². The highest BCUT2D eigenvalue weighted by Crippen LogP contribution is 2.38. The lowest BCUT2D eigenvalue weighted by molar-refractivity contribution is -0.118. The Morgan fingerprint density at radius 3 is 2.48 bits per heavy atom. The number of rotatable bonds is 8. The Kier molecular flexibility index (Phi) is 7.74. The molecule has 150 valence electrons. The second kappa shape index (κ2) is 10.5. The number of nitrogens with one attached hydrogen (secondary N) is 2. The Morgan fingerprint density at radius 2 is 1.76 bits per heavy atom. The Morgan fingerprint density at radius 1 is 1.03 bits per heavy atom. The molecule has 3 rings (SSSR count). The molecule has 0 unspecified atom stereocenters. The zero-order valence-electron chi connectivity index (χ0n) is 16.1. The van der Waals surface area contributed by atoms with E-state index in [9.17, 15) is 9.59 Å². The van der Waals surface area contributed by atoms with Crippen LogP contribution in [0.3, 0.4) is 0 Å². The molecule has 1 heterocycles. The van der Waals surface area contributed by atoms with Gasteiger partial charge >= 0.3 is 0 Å². The molecule has 5 nitrogen and oxygen atoms in total. The predicted octanol–water partition coefficient (Wildman–Crippen LogP) is 5.01. The minimum Gasteiger partial charge on any atom is -0.358 e. The zero-order chi connectivity index (χ0) is 20.6. The lowest BCUT2D eigenvalue weighted by Gasteiger charge is -2.09. The summed E-state index contributed by atoms with van der Waals surface area (Å²) in [7, 11) is 1.61. The van der Waals surface area contributed by atoms with Crippen LogP contribution in [0, 0.1) is 0 Å². The fourth-order valence-electron chi connectivity index (χ4n) is 2.54. The molecule has 0 spiro atoms. The van der Waals surface area contributed by atoms with E-state index in [1.54, 1.807) is 18.8 Å². The van der Waals surface area contributed by atoms with Crippen LogP contribution in [0.15, 0.2) is 63.8 Å². The van der Waals surface area contributed by atoms with E-state index in [1.807, 2.05) is 54.6 Å².